The summed E-state index contributed by atoms with van der Waals surface area (Å²) in [5.41, 5.74) is 4.55. The van der Waals surface area contributed by atoms with Gasteiger partial charge < -0.3 is 9.30 Å². The van der Waals surface area contributed by atoms with Gasteiger partial charge >= 0.3 is 0 Å². The minimum Gasteiger partial charge on any atom is -0.478 e. The van der Waals surface area contributed by atoms with E-state index in [2.05, 4.69) is 30.5 Å². The third-order valence-electron chi connectivity index (χ3n) is 5.87. The second-order valence-corrected chi connectivity index (χ2v) is 8.07. The van der Waals surface area contributed by atoms with Crippen LogP contribution in [0.2, 0.25) is 0 Å². The first kappa shape index (κ1) is 21.2. The normalized spacial score (nSPS) is 16.2. The number of pyridine rings is 1. The molecule has 1 aliphatic heterocycles. The molecule has 5 rings (SSSR count). The van der Waals surface area contributed by atoms with E-state index in [0.29, 0.717) is 12.5 Å². The minimum absolute atomic E-state index is 0.257. The van der Waals surface area contributed by atoms with E-state index < -0.39 is 0 Å². The molecule has 4 heterocycles. The monoisotopic (exact) mass is 444 g/mol. The molecule has 1 unspecified atom stereocenters. The molecule has 1 fully saturated rings. The van der Waals surface area contributed by atoms with Crippen molar-refractivity contribution in [1.29, 1.82) is 0 Å². The van der Waals surface area contributed by atoms with Gasteiger partial charge in [0.2, 0.25) is 5.88 Å². The predicted molar refractivity (Wildman–Crippen MR) is 123 cm³/mol. The van der Waals surface area contributed by atoms with Crippen LogP contribution in [0.5, 0.6) is 5.88 Å². The van der Waals surface area contributed by atoms with E-state index in [1.165, 1.54) is 12.1 Å². The third kappa shape index (κ3) is 4.61. The van der Waals surface area contributed by atoms with Crippen LogP contribution in [0.1, 0.15) is 24.9 Å². The van der Waals surface area contributed by atoms with Crippen molar-refractivity contribution in [3.05, 3.63) is 78.9 Å². The van der Waals surface area contributed by atoms with E-state index in [0.717, 1.165) is 54.3 Å². The Kier molecular flexibility index (Phi) is 6.08. The highest BCUT2D eigenvalue weighted by Crippen LogP contribution is 2.35. The van der Waals surface area contributed by atoms with Crippen molar-refractivity contribution in [2.24, 2.45) is 0 Å². The van der Waals surface area contributed by atoms with Crippen molar-refractivity contribution in [2.75, 3.05) is 19.7 Å². The molecule has 33 heavy (non-hydrogen) atoms. The number of benzene rings is 1. The Morgan fingerprint density at radius 3 is 2.67 bits per heavy atom. The first-order chi connectivity index (χ1) is 16.2. The van der Waals surface area contributed by atoms with Gasteiger partial charge in [0.1, 0.15) is 12.1 Å². The van der Waals surface area contributed by atoms with Crippen LogP contribution in [-0.4, -0.2) is 49.1 Å². The molecular formula is C25H25FN6O. The maximum atomic E-state index is 13.5. The average molecular weight is 445 g/mol. The number of hydrogen-bond acceptors (Lipinski definition) is 6. The summed E-state index contributed by atoms with van der Waals surface area (Å²) in [6, 6.07) is 12.6. The zero-order valence-corrected chi connectivity index (χ0v) is 18.4. The van der Waals surface area contributed by atoms with Gasteiger partial charge in [-0.25, -0.2) is 24.3 Å². The number of aromatic nitrogens is 5. The van der Waals surface area contributed by atoms with E-state index in [-0.39, 0.29) is 11.9 Å². The molecule has 0 saturated carbocycles. The van der Waals surface area contributed by atoms with Crippen molar-refractivity contribution >= 4 is 0 Å². The Morgan fingerprint density at radius 1 is 1.06 bits per heavy atom. The second-order valence-electron chi connectivity index (χ2n) is 8.07. The van der Waals surface area contributed by atoms with Crippen molar-refractivity contribution in [3.63, 3.8) is 0 Å². The lowest BCUT2D eigenvalue weighted by molar-refractivity contribution is 0.312. The zero-order valence-electron chi connectivity index (χ0n) is 18.4. The van der Waals surface area contributed by atoms with Crippen molar-refractivity contribution < 1.29 is 9.13 Å². The molecule has 7 nitrogen and oxygen atoms in total. The molecule has 3 aromatic heterocycles. The summed E-state index contributed by atoms with van der Waals surface area (Å²) in [4.78, 5) is 20.1. The van der Waals surface area contributed by atoms with Crippen LogP contribution in [-0.2, 0) is 6.54 Å². The Labute approximate surface area is 191 Å². The summed E-state index contributed by atoms with van der Waals surface area (Å²) in [5, 5.41) is 0. The summed E-state index contributed by atoms with van der Waals surface area (Å²) >= 11 is 0. The second kappa shape index (κ2) is 9.46. The van der Waals surface area contributed by atoms with Crippen LogP contribution in [0, 0.1) is 5.82 Å². The number of imidazole rings is 1. The minimum atomic E-state index is -0.267. The van der Waals surface area contributed by atoms with Gasteiger partial charge in [0, 0.05) is 49.7 Å². The van der Waals surface area contributed by atoms with E-state index in [9.17, 15) is 4.39 Å². The number of rotatable bonds is 7. The lowest BCUT2D eigenvalue weighted by atomic mass is 10.1. The van der Waals surface area contributed by atoms with Crippen LogP contribution in [0.25, 0.3) is 22.6 Å². The number of likely N-dealkylation sites (tertiary alicyclic amines) is 1. The van der Waals surface area contributed by atoms with Gasteiger partial charge in [0.15, 0.2) is 0 Å². The van der Waals surface area contributed by atoms with E-state index in [4.69, 9.17) is 9.72 Å². The molecule has 8 heteroatoms. The molecule has 4 aromatic rings. The largest absolute Gasteiger partial charge is 0.478 e. The van der Waals surface area contributed by atoms with Crippen molar-refractivity contribution in [1.82, 2.24) is 29.4 Å². The van der Waals surface area contributed by atoms with E-state index >= 15 is 0 Å². The number of nitrogens with zero attached hydrogens (tertiary/aromatic N) is 6. The van der Waals surface area contributed by atoms with Gasteiger partial charge in [-0.3, -0.25) is 4.90 Å². The summed E-state index contributed by atoms with van der Waals surface area (Å²) in [6.45, 7) is 5.26. The molecule has 0 radical (unpaired) electrons. The lowest BCUT2D eigenvalue weighted by Crippen LogP contribution is -2.21. The quantitative estimate of drug-likeness (QED) is 0.421. The highest BCUT2D eigenvalue weighted by molar-refractivity contribution is 5.76. The fraction of sp³-hybridized carbons (Fsp3) is 0.280. The maximum Gasteiger partial charge on any atom is 0.213 e. The van der Waals surface area contributed by atoms with Crippen LogP contribution < -0.4 is 4.74 Å². The molecule has 1 aliphatic rings. The SMILES string of the molecule is CCOc1ccc(CN2CCC(n3cnc(-c4ccc(F)cc4)c3-c3ccncn3)C2)cn1. The smallest absolute Gasteiger partial charge is 0.213 e. The zero-order chi connectivity index (χ0) is 22.6. The molecule has 0 bridgehead atoms. The van der Waals surface area contributed by atoms with Gasteiger partial charge in [-0.2, -0.15) is 0 Å². The first-order valence-corrected chi connectivity index (χ1v) is 11.1. The van der Waals surface area contributed by atoms with Crippen LogP contribution in [0.15, 0.2) is 67.5 Å². The van der Waals surface area contributed by atoms with E-state index in [1.54, 1.807) is 24.7 Å². The Bertz CT molecular complexity index is 1190. The number of ether oxygens (including phenoxy) is 1. The Morgan fingerprint density at radius 2 is 1.94 bits per heavy atom. The molecule has 0 amide bonds. The van der Waals surface area contributed by atoms with E-state index in [1.807, 2.05) is 31.6 Å². The van der Waals surface area contributed by atoms with Crippen LogP contribution in [0.4, 0.5) is 4.39 Å². The first-order valence-electron chi connectivity index (χ1n) is 11.1. The van der Waals surface area contributed by atoms with Crippen LogP contribution in [0.3, 0.4) is 0 Å². The van der Waals surface area contributed by atoms with Crippen LogP contribution >= 0.6 is 0 Å². The van der Waals surface area contributed by atoms with Gasteiger partial charge in [0.05, 0.1) is 30.0 Å². The van der Waals surface area contributed by atoms with Gasteiger partial charge in [-0.1, -0.05) is 6.07 Å². The molecular weight excluding hydrogens is 419 g/mol. The molecule has 0 N–H and O–H groups in total. The molecule has 0 spiro atoms. The van der Waals surface area contributed by atoms with Crippen molar-refractivity contribution in [3.8, 4) is 28.5 Å². The van der Waals surface area contributed by atoms with Gasteiger partial charge in [-0.15, -0.1) is 0 Å². The highest BCUT2D eigenvalue weighted by atomic mass is 19.1. The third-order valence-corrected chi connectivity index (χ3v) is 5.87. The fourth-order valence-corrected chi connectivity index (χ4v) is 4.32. The molecule has 0 aliphatic carbocycles. The van der Waals surface area contributed by atoms with Crippen molar-refractivity contribution in [2.45, 2.75) is 25.9 Å². The summed E-state index contributed by atoms with van der Waals surface area (Å²) < 4.78 is 21.1. The highest BCUT2D eigenvalue weighted by Gasteiger charge is 2.28. The lowest BCUT2D eigenvalue weighted by Gasteiger charge is -2.18. The predicted octanol–water partition coefficient (Wildman–Crippen LogP) is 4.39. The Balaban J connectivity index is 1.39. The number of halogens is 1. The number of hydrogen-bond donors (Lipinski definition) is 0. The van der Waals surface area contributed by atoms with Gasteiger partial charge in [0.25, 0.3) is 0 Å². The van der Waals surface area contributed by atoms with Gasteiger partial charge in [-0.05, 0) is 49.2 Å². The molecule has 1 atom stereocenters. The summed E-state index contributed by atoms with van der Waals surface area (Å²) in [7, 11) is 0. The summed E-state index contributed by atoms with van der Waals surface area (Å²) in [5.74, 6) is 0.388. The maximum absolute atomic E-state index is 13.5. The molecule has 1 aromatic carbocycles. The molecule has 1 saturated heterocycles. The molecule has 168 valence electrons. The average Bonchev–Trinajstić information content (AvgIpc) is 3.49. The summed E-state index contributed by atoms with van der Waals surface area (Å²) in [6.07, 6.45) is 8.04. The standard InChI is InChI=1S/C25H25FN6O/c1-2-33-23-8-3-18(13-28-23)14-31-12-10-21(15-31)32-17-30-24(19-4-6-20(26)7-5-19)25(32)22-9-11-27-16-29-22/h3-9,11,13,16-17,21H,2,10,12,14-15H2,1H3. The topological polar surface area (TPSA) is 69.0 Å². The fourth-order valence-electron chi connectivity index (χ4n) is 4.32. The Hall–Kier alpha value is -3.65.